The molecule has 0 aliphatic carbocycles. The smallest absolute Gasteiger partial charge is 0.253 e. The van der Waals surface area contributed by atoms with Gasteiger partial charge in [-0.3, -0.25) is 4.79 Å². The van der Waals surface area contributed by atoms with Crippen molar-refractivity contribution in [3.63, 3.8) is 0 Å². The van der Waals surface area contributed by atoms with E-state index in [4.69, 9.17) is 11.6 Å². The summed E-state index contributed by atoms with van der Waals surface area (Å²) in [4.78, 5) is 17.6. The number of benzene rings is 2. The Labute approximate surface area is 193 Å². The van der Waals surface area contributed by atoms with Gasteiger partial charge in [-0.25, -0.2) is 4.98 Å². The number of hydrogen-bond acceptors (Lipinski definition) is 2. The zero-order valence-corrected chi connectivity index (χ0v) is 19.3. The van der Waals surface area contributed by atoms with E-state index in [1.807, 2.05) is 74.0 Å². The second kappa shape index (κ2) is 9.45. The van der Waals surface area contributed by atoms with Gasteiger partial charge in [-0.2, -0.15) is 0 Å². The molecular weight excluding hydrogens is 420 g/mol. The van der Waals surface area contributed by atoms with Crippen molar-refractivity contribution < 1.29 is 4.79 Å². The first-order chi connectivity index (χ1) is 15.4. The molecule has 0 fully saturated rings. The number of rotatable bonds is 7. The fourth-order valence-corrected chi connectivity index (χ4v) is 4.39. The van der Waals surface area contributed by atoms with Crippen LogP contribution in [0.5, 0.6) is 0 Å². The summed E-state index contributed by atoms with van der Waals surface area (Å²) in [5.74, 6) is -0.0585. The first-order valence-electron chi connectivity index (χ1n) is 10.7. The molecule has 6 heteroatoms. The number of aromatic nitrogens is 3. The van der Waals surface area contributed by atoms with E-state index in [0.29, 0.717) is 11.6 Å². The second-order valence-electron chi connectivity index (χ2n) is 8.10. The Kier molecular flexibility index (Phi) is 6.47. The molecule has 1 N–H and O–H groups in total. The van der Waals surface area contributed by atoms with Crippen LogP contribution in [0.1, 0.15) is 32.9 Å². The summed E-state index contributed by atoms with van der Waals surface area (Å²) in [5.41, 5.74) is 5.84. The maximum absolute atomic E-state index is 13.5. The normalized spacial score (nSPS) is 12.0. The van der Waals surface area contributed by atoms with Crippen molar-refractivity contribution in [1.82, 2.24) is 19.4 Å². The molecule has 1 amide bonds. The lowest BCUT2D eigenvalue weighted by molar-refractivity contribution is 0.0931. The summed E-state index contributed by atoms with van der Waals surface area (Å²) in [7, 11) is 0. The van der Waals surface area contributed by atoms with Gasteiger partial charge in [0.25, 0.3) is 5.91 Å². The van der Waals surface area contributed by atoms with Gasteiger partial charge in [0.05, 0.1) is 17.9 Å². The highest BCUT2D eigenvalue weighted by atomic mass is 35.5. The van der Waals surface area contributed by atoms with E-state index >= 15 is 0 Å². The lowest BCUT2D eigenvalue weighted by Crippen LogP contribution is -2.39. The third kappa shape index (κ3) is 4.63. The maximum atomic E-state index is 13.5. The molecule has 0 spiro atoms. The number of amides is 1. The SMILES string of the molecule is Cc1c(C(=O)N[C@@H](Cc2ccccc2)Cn2ccnc2)c(C)n(-c2ccc(Cl)cc2)c1C. The van der Waals surface area contributed by atoms with Crippen LogP contribution in [0.15, 0.2) is 73.3 Å². The van der Waals surface area contributed by atoms with Gasteiger partial charge < -0.3 is 14.5 Å². The van der Waals surface area contributed by atoms with Gasteiger partial charge in [0.15, 0.2) is 0 Å². The molecule has 5 nitrogen and oxygen atoms in total. The fraction of sp³-hybridized carbons (Fsp3) is 0.231. The molecule has 0 aliphatic heterocycles. The molecule has 2 aromatic carbocycles. The molecule has 2 heterocycles. The molecule has 4 aromatic rings. The molecule has 4 rings (SSSR count). The van der Waals surface area contributed by atoms with Crippen LogP contribution in [0.3, 0.4) is 0 Å². The minimum Gasteiger partial charge on any atom is -0.347 e. The average molecular weight is 447 g/mol. The zero-order chi connectivity index (χ0) is 22.7. The molecule has 0 radical (unpaired) electrons. The standard InChI is InChI=1S/C26H27ClN4O/c1-18-19(2)31(24-11-9-22(27)10-12-24)20(3)25(18)26(32)29-23(16-30-14-13-28-17-30)15-21-7-5-4-6-8-21/h4-14,17,23H,15-16H2,1-3H3,(H,29,32)/t23-/m0/s1. The predicted octanol–water partition coefficient (Wildman–Crippen LogP) is 5.29. The lowest BCUT2D eigenvalue weighted by atomic mass is 10.0. The number of halogens is 1. The average Bonchev–Trinajstić information content (AvgIpc) is 3.36. The Morgan fingerprint density at radius 1 is 1.03 bits per heavy atom. The molecular formula is C26H27ClN4O. The van der Waals surface area contributed by atoms with Crippen LogP contribution in [-0.2, 0) is 13.0 Å². The van der Waals surface area contributed by atoms with Gasteiger partial charge in [-0.05, 0) is 62.6 Å². The van der Waals surface area contributed by atoms with Gasteiger partial charge in [0.2, 0.25) is 0 Å². The summed E-state index contributed by atoms with van der Waals surface area (Å²) in [6.07, 6.45) is 6.19. The van der Waals surface area contributed by atoms with Crippen LogP contribution in [0, 0.1) is 20.8 Å². The lowest BCUT2D eigenvalue weighted by Gasteiger charge is -2.20. The van der Waals surface area contributed by atoms with Crippen LogP contribution >= 0.6 is 11.6 Å². The molecule has 0 unspecified atom stereocenters. The van der Waals surface area contributed by atoms with Crippen LogP contribution in [0.4, 0.5) is 0 Å². The van der Waals surface area contributed by atoms with Gasteiger partial charge in [0.1, 0.15) is 0 Å². The largest absolute Gasteiger partial charge is 0.347 e. The van der Waals surface area contributed by atoms with Crippen molar-refractivity contribution in [1.29, 1.82) is 0 Å². The minimum absolute atomic E-state index is 0.0585. The Balaban J connectivity index is 1.63. The number of carbonyl (C=O) groups excluding carboxylic acids is 1. The number of nitrogens with zero attached hydrogens (tertiary/aromatic N) is 3. The van der Waals surface area contributed by atoms with E-state index in [1.165, 1.54) is 5.56 Å². The highest BCUT2D eigenvalue weighted by Crippen LogP contribution is 2.26. The second-order valence-corrected chi connectivity index (χ2v) is 8.54. The summed E-state index contributed by atoms with van der Waals surface area (Å²) in [6, 6.07) is 17.8. The highest BCUT2D eigenvalue weighted by molar-refractivity contribution is 6.30. The van der Waals surface area contributed by atoms with Crippen LogP contribution in [0.25, 0.3) is 5.69 Å². The number of imidazole rings is 1. The first kappa shape index (κ1) is 21.9. The van der Waals surface area contributed by atoms with Crippen molar-refractivity contribution in [2.45, 2.75) is 39.8 Å². The molecule has 0 saturated carbocycles. The summed E-state index contributed by atoms with van der Waals surface area (Å²) >= 11 is 6.07. The number of hydrogen-bond donors (Lipinski definition) is 1. The first-order valence-corrected chi connectivity index (χ1v) is 11.1. The molecule has 2 aromatic heterocycles. The van der Waals surface area contributed by atoms with E-state index in [1.54, 1.807) is 12.5 Å². The van der Waals surface area contributed by atoms with Gasteiger partial charge >= 0.3 is 0 Å². The van der Waals surface area contributed by atoms with E-state index in [0.717, 1.165) is 34.6 Å². The number of nitrogens with one attached hydrogen (secondary N) is 1. The predicted molar refractivity (Wildman–Crippen MR) is 129 cm³/mol. The van der Waals surface area contributed by atoms with Crippen molar-refractivity contribution in [3.8, 4) is 5.69 Å². The number of carbonyl (C=O) groups is 1. The van der Waals surface area contributed by atoms with E-state index in [-0.39, 0.29) is 11.9 Å². The van der Waals surface area contributed by atoms with Crippen LogP contribution in [0.2, 0.25) is 5.02 Å². The Morgan fingerprint density at radius 3 is 2.41 bits per heavy atom. The third-order valence-corrected chi connectivity index (χ3v) is 6.16. The van der Waals surface area contributed by atoms with E-state index in [2.05, 4.69) is 27.0 Å². The molecule has 0 aliphatic rings. The third-order valence-electron chi connectivity index (χ3n) is 5.91. The van der Waals surface area contributed by atoms with Crippen molar-refractivity contribution in [2.24, 2.45) is 0 Å². The molecule has 164 valence electrons. The Morgan fingerprint density at radius 2 is 1.75 bits per heavy atom. The summed E-state index contributed by atoms with van der Waals surface area (Å²) in [6.45, 7) is 6.69. The molecule has 0 saturated heterocycles. The zero-order valence-electron chi connectivity index (χ0n) is 18.5. The van der Waals surface area contributed by atoms with Gasteiger partial charge in [-0.15, -0.1) is 0 Å². The molecule has 0 bridgehead atoms. The van der Waals surface area contributed by atoms with Crippen molar-refractivity contribution >= 4 is 17.5 Å². The Hall–Kier alpha value is -3.31. The Bertz CT molecular complexity index is 1200. The van der Waals surface area contributed by atoms with Crippen molar-refractivity contribution in [2.75, 3.05) is 0 Å². The molecule has 1 atom stereocenters. The van der Waals surface area contributed by atoms with E-state index in [9.17, 15) is 4.79 Å². The summed E-state index contributed by atoms with van der Waals surface area (Å²) in [5, 5.41) is 3.97. The monoisotopic (exact) mass is 446 g/mol. The quantitative estimate of drug-likeness (QED) is 0.419. The van der Waals surface area contributed by atoms with Crippen LogP contribution in [-0.4, -0.2) is 26.1 Å². The van der Waals surface area contributed by atoms with Crippen molar-refractivity contribution in [3.05, 3.63) is 106 Å². The maximum Gasteiger partial charge on any atom is 0.253 e. The van der Waals surface area contributed by atoms with Gasteiger partial charge in [-0.1, -0.05) is 41.9 Å². The minimum atomic E-state index is -0.0721. The van der Waals surface area contributed by atoms with E-state index < -0.39 is 0 Å². The summed E-state index contributed by atoms with van der Waals surface area (Å²) < 4.78 is 4.11. The topological polar surface area (TPSA) is 51.9 Å². The fourth-order valence-electron chi connectivity index (χ4n) is 4.26. The van der Waals surface area contributed by atoms with Crippen LogP contribution < -0.4 is 5.32 Å². The highest BCUT2D eigenvalue weighted by Gasteiger charge is 2.23. The van der Waals surface area contributed by atoms with Gasteiger partial charge in [0, 0.05) is 41.0 Å². The molecule has 32 heavy (non-hydrogen) atoms.